The Morgan fingerprint density at radius 3 is 2.64 bits per heavy atom. The molecule has 126 valence electrons. The SMILES string of the molecule is O=C(NCc1ccc(Cl)cc1)c1cnc2c([N+](=O)[O-])cccc2c1O. The molecule has 8 heteroatoms. The van der Waals surface area contributed by atoms with Gasteiger partial charge >= 0.3 is 0 Å². The van der Waals surface area contributed by atoms with Crippen molar-refractivity contribution >= 4 is 34.1 Å². The number of hydrogen-bond acceptors (Lipinski definition) is 5. The van der Waals surface area contributed by atoms with Crippen LogP contribution in [0.1, 0.15) is 15.9 Å². The molecule has 3 rings (SSSR count). The van der Waals surface area contributed by atoms with Crippen molar-refractivity contribution in [1.29, 1.82) is 0 Å². The molecule has 0 fully saturated rings. The number of halogens is 1. The van der Waals surface area contributed by atoms with Gasteiger partial charge in [-0.1, -0.05) is 29.8 Å². The Balaban J connectivity index is 1.88. The van der Waals surface area contributed by atoms with Gasteiger partial charge in [-0.3, -0.25) is 14.9 Å². The summed E-state index contributed by atoms with van der Waals surface area (Å²) in [6, 6.07) is 11.1. The molecule has 2 aromatic carbocycles. The second kappa shape index (κ2) is 6.74. The molecule has 3 aromatic rings. The van der Waals surface area contributed by atoms with Crippen LogP contribution in [0.15, 0.2) is 48.7 Å². The third kappa shape index (κ3) is 3.36. The second-order valence-electron chi connectivity index (χ2n) is 5.26. The lowest BCUT2D eigenvalue weighted by atomic mass is 10.1. The van der Waals surface area contributed by atoms with Crippen molar-refractivity contribution < 1.29 is 14.8 Å². The van der Waals surface area contributed by atoms with Crippen LogP contribution in [0.5, 0.6) is 5.75 Å². The highest BCUT2D eigenvalue weighted by atomic mass is 35.5. The fraction of sp³-hybridized carbons (Fsp3) is 0.0588. The first-order valence-electron chi connectivity index (χ1n) is 7.25. The Kier molecular flexibility index (Phi) is 4.49. The molecule has 0 saturated heterocycles. The van der Waals surface area contributed by atoms with Gasteiger partial charge in [-0.25, -0.2) is 4.98 Å². The molecule has 0 radical (unpaired) electrons. The van der Waals surface area contributed by atoms with Crippen LogP contribution < -0.4 is 5.32 Å². The molecule has 1 amide bonds. The van der Waals surface area contributed by atoms with Gasteiger partial charge in [-0.05, 0) is 23.8 Å². The summed E-state index contributed by atoms with van der Waals surface area (Å²) < 4.78 is 0. The van der Waals surface area contributed by atoms with E-state index in [0.29, 0.717) is 5.02 Å². The van der Waals surface area contributed by atoms with Crippen molar-refractivity contribution in [3.63, 3.8) is 0 Å². The maximum absolute atomic E-state index is 12.3. The summed E-state index contributed by atoms with van der Waals surface area (Å²) in [5.41, 5.74) is 0.573. The maximum Gasteiger partial charge on any atom is 0.295 e. The van der Waals surface area contributed by atoms with Gasteiger partial charge in [-0.15, -0.1) is 0 Å². The average molecular weight is 358 g/mol. The van der Waals surface area contributed by atoms with E-state index in [1.165, 1.54) is 18.2 Å². The van der Waals surface area contributed by atoms with E-state index in [1.54, 1.807) is 24.3 Å². The van der Waals surface area contributed by atoms with Crippen LogP contribution in [-0.4, -0.2) is 20.9 Å². The lowest BCUT2D eigenvalue weighted by molar-refractivity contribution is -0.383. The number of amides is 1. The Bertz CT molecular complexity index is 974. The number of benzene rings is 2. The number of hydrogen-bond donors (Lipinski definition) is 2. The number of nitro groups is 1. The molecule has 2 N–H and O–H groups in total. The summed E-state index contributed by atoms with van der Waals surface area (Å²) in [6.07, 6.45) is 1.13. The summed E-state index contributed by atoms with van der Waals surface area (Å²) in [6.45, 7) is 0.239. The molecule has 0 saturated carbocycles. The molecule has 0 aliphatic heterocycles. The summed E-state index contributed by atoms with van der Waals surface area (Å²) in [5, 5.41) is 24.7. The van der Waals surface area contributed by atoms with Gasteiger partial charge in [0.15, 0.2) is 5.52 Å². The van der Waals surface area contributed by atoms with E-state index in [0.717, 1.165) is 11.8 Å². The van der Waals surface area contributed by atoms with E-state index in [-0.39, 0.29) is 34.4 Å². The number of aromatic hydroxyl groups is 1. The number of pyridine rings is 1. The molecule has 1 heterocycles. The van der Waals surface area contributed by atoms with Crippen LogP contribution >= 0.6 is 11.6 Å². The highest BCUT2D eigenvalue weighted by molar-refractivity contribution is 6.30. The number of nitro benzene ring substituents is 1. The zero-order valence-corrected chi connectivity index (χ0v) is 13.5. The number of para-hydroxylation sites is 1. The molecule has 1 aromatic heterocycles. The molecular formula is C17H12ClN3O4. The fourth-order valence-electron chi connectivity index (χ4n) is 2.39. The van der Waals surface area contributed by atoms with E-state index in [1.807, 2.05) is 0 Å². The number of rotatable bonds is 4. The molecule has 0 aliphatic carbocycles. The van der Waals surface area contributed by atoms with Gasteiger partial charge < -0.3 is 10.4 Å². The van der Waals surface area contributed by atoms with Crippen molar-refractivity contribution in [3.8, 4) is 5.75 Å². The van der Waals surface area contributed by atoms with E-state index in [9.17, 15) is 20.0 Å². The lowest BCUT2D eigenvalue weighted by Crippen LogP contribution is -2.23. The minimum atomic E-state index is -0.588. The van der Waals surface area contributed by atoms with Gasteiger partial charge in [0.25, 0.3) is 11.6 Å². The van der Waals surface area contributed by atoms with E-state index in [4.69, 9.17) is 11.6 Å². The number of nitrogens with one attached hydrogen (secondary N) is 1. The van der Waals surface area contributed by atoms with Crippen LogP contribution in [0.3, 0.4) is 0 Å². The van der Waals surface area contributed by atoms with Gasteiger partial charge in [0.1, 0.15) is 11.3 Å². The largest absolute Gasteiger partial charge is 0.506 e. The van der Waals surface area contributed by atoms with Crippen molar-refractivity contribution in [2.45, 2.75) is 6.54 Å². The molecule has 0 unspecified atom stereocenters. The smallest absolute Gasteiger partial charge is 0.295 e. The van der Waals surface area contributed by atoms with E-state index >= 15 is 0 Å². The van der Waals surface area contributed by atoms with Crippen molar-refractivity contribution in [1.82, 2.24) is 10.3 Å². The van der Waals surface area contributed by atoms with Crippen molar-refractivity contribution in [2.75, 3.05) is 0 Å². The van der Waals surface area contributed by atoms with Crippen LogP contribution in [0.4, 0.5) is 5.69 Å². The normalized spacial score (nSPS) is 10.6. The number of aromatic nitrogens is 1. The molecule has 0 bridgehead atoms. The number of non-ortho nitro benzene ring substituents is 1. The zero-order chi connectivity index (χ0) is 18.0. The molecular weight excluding hydrogens is 346 g/mol. The topological polar surface area (TPSA) is 105 Å². The minimum Gasteiger partial charge on any atom is -0.506 e. The molecule has 25 heavy (non-hydrogen) atoms. The quantitative estimate of drug-likeness (QED) is 0.549. The molecule has 0 aliphatic rings. The number of carbonyl (C=O) groups is 1. The number of fused-ring (bicyclic) bond motifs is 1. The Morgan fingerprint density at radius 2 is 1.96 bits per heavy atom. The van der Waals surface area contributed by atoms with Gasteiger partial charge in [0.2, 0.25) is 0 Å². The molecule has 7 nitrogen and oxygen atoms in total. The highest BCUT2D eigenvalue weighted by Gasteiger charge is 2.20. The van der Waals surface area contributed by atoms with Gasteiger partial charge in [-0.2, -0.15) is 0 Å². The van der Waals surface area contributed by atoms with Crippen molar-refractivity contribution in [2.24, 2.45) is 0 Å². The summed E-state index contributed by atoms with van der Waals surface area (Å²) in [5.74, 6) is -0.879. The average Bonchev–Trinajstić information content (AvgIpc) is 2.61. The third-order valence-corrected chi connectivity index (χ3v) is 3.91. The summed E-state index contributed by atoms with van der Waals surface area (Å²) in [7, 11) is 0. The highest BCUT2D eigenvalue weighted by Crippen LogP contribution is 2.32. The predicted octanol–water partition coefficient (Wildman–Crippen LogP) is 3.43. The van der Waals surface area contributed by atoms with Gasteiger partial charge in [0.05, 0.1) is 4.92 Å². The predicted molar refractivity (Wildman–Crippen MR) is 92.7 cm³/mol. The second-order valence-corrected chi connectivity index (χ2v) is 5.70. The lowest BCUT2D eigenvalue weighted by Gasteiger charge is -2.09. The van der Waals surface area contributed by atoms with Gasteiger partial charge in [0, 0.05) is 29.2 Å². The minimum absolute atomic E-state index is 0.0271. The molecule has 0 spiro atoms. The van der Waals surface area contributed by atoms with Crippen LogP contribution in [-0.2, 0) is 6.54 Å². The standard InChI is InChI=1S/C17H12ClN3O4/c18-11-6-4-10(5-7-11)8-20-17(23)13-9-19-15-12(16(13)22)2-1-3-14(15)21(24)25/h1-7,9H,8H2,(H,19,22)(H,20,23). The first kappa shape index (κ1) is 16.7. The summed E-state index contributed by atoms with van der Waals surface area (Å²) in [4.78, 5) is 26.7. The zero-order valence-electron chi connectivity index (χ0n) is 12.8. The Labute approximate surface area is 147 Å². The Hall–Kier alpha value is -3.19. The monoisotopic (exact) mass is 357 g/mol. The van der Waals surface area contributed by atoms with Crippen LogP contribution in [0, 0.1) is 10.1 Å². The fourth-order valence-corrected chi connectivity index (χ4v) is 2.51. The number of carbonyl (C=O) groups excluding carboxylic acids is 1. The molecule has 0 atom stereocenters. The van der Waals surface area contributed by atoms with Crippen LogP contribution in [0.25, 0.3) is 10.9 Å². The van der Waals surface area contributed by atoms with Crippen LogP contribution in [0.2, 0.25) is 5.02 Å². The third-order valence-electron chi connectivity index (χ3n) is 3.66. The first-order chi connectivity index (χ1) is 12.0. The number of nitrogens with zero attached hydrogens (tertiary/aromatic N) is 2. The Morgan fingerprint density at radius 1 is 1.24 bits per heavy atom. The van der Waals surface area contributed by atoms with Crippen molar-refractivity contribution in [3.05, 3.63) is 74.9 Å². The first-order valence-corrected chi connectivity index (χ1v) is 7.63. The maximum atomic E-state index is 12.3. The summed E-state index contributed by atoms with van der Waals surface area (Å²) >= 11 is 5.80. The van der Waals surface area contributed by atoms with E-state index < -0.39 is 10.8 Å². The van der Waals surface area contributed by atoms with E-state index in [2.05, 4.69) is 10.3 Å².